The van der Waals surface area contributed by atoms with E-state index in [2.05, 4.69) is 0 Å². The van der Waals surface area contributed by atoms with Crippen LogP contribution in [0, 0.1) is 11.3 Å². The number of carbonyl (C=O) groups is 2. The van der Waals surface area contributed by atoms with Gasteiger partial charge in [-0.25, -0.2) is 0 Å². The van der Waals surface area contributed by atoms with Crippen molar-refractivity contribution in [2.24, 2.45) is 11.3 Å². The molecule has 31 heavy (non-hydrogen) atoms. The number of aliphatic hydroxyl groups excluding tert-OH is 1. The zero-order valence-corrected chi connectivity index (χ0v) is 18.7. The largest absolute Gasteiger partial charge is 0.481 e. The van der Waals surface area contributed by atoms with Gasteiger partial charge in [0, 0.05) is 19.3 Å². The number of ether oxygens (including phenoxy) is 4. The summed E-state index contributed by atoms with van der Waals surface area (Å²) in [5, 5.41) is 19.0. The Bertz CT molecular complexity index is 731. The molecule has 3 heterocycles. The summed E-state index contributed by atoms with van der Waals surface area (Å²) in [6.45, 7) is 6.85. The molecule has 0 aliphatic carbocycles. The van der Waals surface area contributed by atoms with Gasteiger partial charge < -0.3 is 29.2 Å². The smallest absolute Gasteiger partial charge is 0.314 e. The summed E-state index contributed by atoms with van der Waals surface area (Å²) in [7, 11) is 0. The second-order valence-electron chi connectivity index (χ2n) is 9.25. The highest BCUT2D eigenvalue weighted by molar-refractivity contribution is 5.76. The van der Waals surface area contributed by atoms with Crippen LogP contribution in [0.15, 0.2) is 24.3 Å². The SMILES string of the molecule is C[C@H](C/C=C\C=C\[C@H]1CC[C@]2(C[C@@H]3OC[C@](C)(C(=O)O)[C@@H]3O2)O1)OC(=O)[C@H](C)[C@H](C)O. The number of rotatable bonds is 8. The number of aliphatic carboxylic acids is 1. The molecule has 3 aliphatic heterocycles. The van der Waals surface area contributed by atoms with Crippen LogP contribution in [0.1, 0.15) is 53.4 Å². The fraction of sp³-hybridized carbons (Fsp3) is 0.739. The van der Waals surface area contributed by atoms with E-state index in [-0.39, 0.29) is 24.9 Å². The van der Waals surface area contributed by atoms with E-state index < -0.39 is 41.3 Å². The van der Waals surface area contributed by atoms with Gasteiger partial charge in [0.15, 0.2) is 5.79 Å². The van der Waals surface area contributed by atoms with Crippen LogP contribution in [-0.2, 0) is 28.5 Å². The van der Waals surface area contributed by atoms with Crippen molar-refractivity contribution in [3.63, 3.8) is 0 Å². The van der Waals surface area contributed by atoms with Gasteiger partial charge in [-0.1, -0.05) is 24.3 Å². The van der Waals surface area contributed by atoms with Gasteiger partial charge in [0.2, 0.25) is 0 Å². The molecule has 3 rings (SSSR count). The summed E-state index contributed by atoms with van der Waals surface area (Å²) >= 11 is 0. The number of allylic oxidation sites excluding steroid dienone is 2. The van der Waals surface area contributed by atoms with Crippen molar-refractivity contribution >= 4 is 11.9 Å². The van der Waals surface area contributed by atoms with E-state index in [9.17, 15) is 19.8 Å². The maximum absolute atomic E-state index is 11.8. The molecule has 3 saturated heterocycles. The standard InChI is InChI=1S/C23H34O8/c1-14(29-20(25)15(2)16(3)24)8-6-5-7-9-17-10-11-23(30-17)12-18-19(31-23)22(4,13-28-18)21(26)27/h5-7,9,14-19,24H,8,10-13H2,1-4H3,(H,26,27)/b6-5-,9-7+/t14-,15-,16+,17+,18+,19-,22+,23+/m1/s1. The zero-order chi connectivity index (χ0) is 22.8. The van der Waals surface area contributed by atoms with Crippen molar-refractivity contribution in [2.45, 2.75) is 89.7 Å². The molecule has 1 spiro atoms. The zero-order valence-electron chi connectivity index (χ0n) is 18.7. The van der Waals surface area contributed by atoms with Gasteiger partial charge in [-0.05, 0) is 34.1 Å². The molecular formula is C23H34O8. The average Bonchev–Trinajstić information content (AvgIpc) is 3.36. The lowest BCUT2D eigenvalue weighted by Crippen LogP contribution is -2.42. The quantitative estimate of drug-likeness (QED) is 0.439. The van der Waals surface area contributed by atoms with Crippen molar-refractivity contribution in [1.29, 1.82) is 0 Å². The Morgan fingerprint density at radius 1 is 1.23 bits per heavy atom. The van der Waals surface area contributed by atoms with Crippen molar-refractivity contribution in [3.8, 4) is 0 Å². The highest BCUT2D eigenvalue weighted by Crippen LogP contribution is 2.51. The van der Waals surface area contributed by atoms with Gasteiger partial charge in [-0.3, -0.25) is 9.59 Å². The van der Waals surface area contributed by atoms with Gasteiger partial charge in [-0.15, -0.1) is 0 Å². The molecule has 3 fully saturated rings. The Morgan fingerprint density at radius 3 is 2.65 bits per heavy atom. The first-order valence-electron chi connectivity index (χ1n) is 11.0. The summed E-state index contributed by atoms with van der Waals surface area (Å²) in [5.41, 5.74) is -1.04. The van der Waals surface area contributed by atoms with Crippen molar-refractivity contribution in [1.82, 2.24) is 0 Å². The third-order valence-electron chi connectivity index (χ3n) is 6.53. The molecular weight excluding hydrogens is 404 g/mol. The topological polar surface area (TPSA) is 112 Å². The molecule has 8 heteroatoms. The molecule has 8 nitrogen and oxygen atoms in total. The summed E-state index contributed by atoms with van der Waals surface area (Å²) in [4.78, 5) is 23.5. The molecule has 3 aliphatic rings. The van der Waals surface area contributed by atoms with Crippen LogP contribution >= 0.6 is 0 Å². The Balaban J connectivity index is 1.44. The number of carbonyl (C=O) groups excluding carboxylic acids is 1. The van der Waals surface area contributed by atoms with Gasteiger partial charge in [-0.2, -0.15) is 0 Å². The van der Waals surface area contributed by atoms with Gasteiger partial charge in [0.25, 0.3) is 0 Å². The minimum absolute atomic E-state index is 0.110. The summed E-state index contributed by atoms with van der Waals surface area (Å²) in [6, 6.07) is 0. The van der Waals surface area contributed by atoms with E-state index >= 15 is 0 Å². The molecule has 0 radical (unpaired) electrons. The molecule has 0 aromatic heterocycles. The first-order valence-corrected chi connectivity index (χ1v) is 11.0. The minimum atomic E-state index is -1.04. The lowest BCUT2D eigenvalue weighted by atomic mass is 9.85. The summed E-state index contributed by atoms with van der Waals surface area (Å²) < 4.78 is 23.3. The fourth-order valence-corrected chi connectivity index (χ4v) is 4.22. The van der Waals surface area contributed by atoms with E-state index in [1.807, 2.05) is 31.2 Å². The maximum atomic E-state index is 11.8. The number of fused-ring (bicyclic) bond motifs is 1. The monoisotopic (exact) mass is 438 g/mol. The number of esters is 1. The van der Waals surface area contributed by atoms with Gasteiger partial charge in [0.05, 0.1) is 30.8 Å². The molecule has 0 saturated carbocycles. The molecule has 174 valence electrons. The van der Waals surface area contributed by atoms with Crippen LogP contribution in [0.2, 0.25) is 0 Å². The van der Waals surface area contributed by atoms with Crippen molar-refractivity contribution in [2.75, 3.05) is 6.61 Å². The number of aliphatic hydroxyl groups is 1. The third kappa shape index (κ3) is 5.19. The minimum Gasteiger partial charge on any atom is -0.481 e. The number of hydrogen-bond acceptors (Lipinski definition) is 7. The number of carboxylic acids is 1. The highest BCUT2D eigenvalue weighted by atomic mass is 16.7. The molecule has 0 aromatic carbocycles. The van der Waals surface area contributed by atoms with Gasteiger partial charge in [0.1, 0.15) is 17.6 Å². The van der Waals surface area contributed by atoms with Crippen LogP contribution in [0.4, 0.5) is 0 Å². The normalized spacial score (nSPS) is 38.0. The van der Waals surface area contributed by atoms with Crippen LogP contribution in [0.25, 0.3) is 0 Å². The van der Waals surface area contributed by atoms with E-state index in [4.69, 9.17) is 18.9 Å². The average molecular weight is 439 g/mol. The predicted molar refractivity (Wildman–Crippen MR) is 111 cm³/mol. The highest BCUT2D eigenvalue weighted by Gasteiger charge is 2.63. The summed E-state index contributed by atoms with van der Waals surface area (Å²) in [6.07, 6.45) is 8.38. The van der Waals surface area contributed by atoms with Crippen LogP contribution in [-0.4, -0.2) is 65.1 Å². The predicted octanol–water partition coefficient (Wildman–Crippen LogP) is 2.59. The van der Waals surface area contributed by atoms with Crippen LogP contribution in [0.5, 0.6) is 0 Å². The molecule has 0 unspecified atom stereocenters. The van der Waals surface area contributed by atoms with E-state index in [0.717, 1.165) is 6.42 Å². The molecule has 0 bridgehead atoms. The van der Waals surface area contributed by atoms with Crippen molar-refractivity contribution < 1.29 is 38.7 Å². The van der Waals surface area contributed by atoms with Crippen LogP contribution < -0.4 is 0 Å². The summed E-state index contributed by atoms with van der Waals surface area (Å²) in [5.74, 6) is -2.62. The van der Waals surface area contributed by atoms with Gasteiger partial charge >= 0.3 is 11.9 Å². The molecule has 2 N–H and O–H groups in total. The van der Waals surface area contributed by atoms with E-state index in [0.29, 0.717) is 19.3 Å². The fourth-order valence-electron chi connectivity index (χ4n) is 4.22. The molecule has 8 atom stereocenters. The second-order valence-corrected chi connectivity index (χ2v) is 9.25. The molecule has 0 amide bonds. The number of hydrogen-bond donors (Lipinski definition) is 2. The first-order chi connectivity index (χ1) is 14.6. The molecule has 0 aromatic rings. The third-order valence-corrected chi connectivity index (χ3v) is 6.53. The van der Waals surface area contributed by atoms with E-state index in [1.165, 1.54) is 0 Å². The van der Waals surface area contributed by atoms with Crippen LogP contribution in [0.3, 0.4) is 0 Å². The van der Waals surface area contributed by atoms with E-state index in [1.54, 1.807) is 20.8 Å². The lowest BCUT2D eigenvalue weighted by molar-refractivity contribution is -0.225. The van der Waals surface area contributed by atoms with Crippen molar-refractivity contribution in [3.05, 3.63) is 24.3 Å². The number of carboxylic acid groups (broad SMARTS) is 1. The first kappa shape index (κ1) is 23.9. The Labute approximate surface area is 183 Å². The Morgan fingerprint density at radius 2 is 1.97 bits per heavy atom. The second kappa shape index (κ2) is 9.40. The Hall–Kier alpha value is -1.74. The Kier molecular flexibility index (Phi) is 7.25. The lowest BCUT2D eigenvalue weighted by Gasteiger charge is -2.29. The maximum Gasteiger partial charge on any atom is 0.314 e.